The van der Waals surface area contributed by atoms with Crippen molar-refractivity contribution in [2.45, 2.75) is 90.4 Å². The fourth-order valence-corrected chi connectivity index (χ4v) is 2.38. The largest absolute Gasteiger partial charge is 0.213 e. The Morgan fingerprint density at radius 1 is 0.706 bits per heavy atom. The van der Waals surface area contributed by atoms with Gasteiger partial charge in [-0.1, -0.05) is 77.6 Å². The molecule has 0 bridgehead atoms. The molecule has 0 atom stereocenters. The molecule has 0 radical (unpaired) electrons. The minimum Gasteiger partial charge on any atom is -0.213 e. The van der Waals surface area contributed by atoms with Gasteiger partial charge in [-0.3, -0.25) is 0 Å². The molecule has 0 aromatic heterocycles. The molecule has 0 unspecified atom stereocenters. The molecule has 17 heavy (non-hydrogen) atoms. The topological polar surface area (TPSA) is 17.1 Å². The Hall–Kier alpha value is -0.110. The lowest BCUT2D eigenvalue weighted by molar-refractivity contribution is 0.546. The zero-order chi connectivity index (χ0) is 12.6. The van der Waals surface area contributed by atoms with Crippen molar-refractivity contribution in [1.82, 2.24) is 0 Å². The number of rotatable bonds is 13. The van der Waals surface area contributed by atoms with Gasteiger partial charge in [0.2, 0.25) is 0 Å². The summed E-state index contributed by atoms with van der Waals surface area (Å²) in [6.45, 7) is 2.27. The third-order valence-corrected chi connectivity index (χ3v) is 3.62. The van der Waals surface area contributed by atoms with E-state index in [0.29, 0.717) is 11.3 Å². The van der Waals surface area contributed by atoms with Crippen LogP contribution in [0, 0.1) is 0 Å². The minimum atomic E-state index is 0.609. The second kappa shape index (κ2) is 15.9. The zero-order valence-corrected chi connectivity index (χ0v) is 12.4. The van der Waals surface area contributed by atoms with Crippen LogP contribution in [0.15, 0.2) is 0 Å². The van der Waals surface area contributed by atoms with Crippen LogP contribution < -0.4 is 0 Å². The molecular weight excluding hydrogens is 228 g/mol. The lowest BCUT2D eigenvalue weighted by Crippen LogP contribution is -1.83. The average Bonchev–Trinajstić information content (AvgIpc) is 2.35. The van der Waals surface area contributed by atoms with Crippen LogP contribution in [0.1, 0.15) is 90.4 Å². The van der Waals surface area contributed by atoms with Crippen molar-refractivity contribution in [3.8, 4) is 0 Å². The first-order valence-corrected chi connectivity index (χ1v) is 8.32. The monoisotopic (exact) mass is 258 g/mol. The average molecular weight is 258 g/mol. The maximum Gasteiger partial charge on any atom is 0.0841 e. The molecule has 0 saturated heterocycles. The van der Waals surface area contributed by atoms with Crippen LogP contribution in [0.3, 0.4) is 0 Å². The maximum atomic E-state index is 10.1. The van der Waals surface area contributed by atoms with E-state index >= 15 is 0 Å². The Kier molecular flexibility index (Phi) is 15.8. The summed E-state index contributed by atoms with van der Waals surface area (Å²) >= 11 is 0.609. The van der Waals surface area contributed by atoms with Crippen LogP contribution in [-0.2, 0) is 11.3 Å². The molecule has 0 spiro atoms. The molecule has 0 heterocycles. The highest BCUT2D eigenvalue weighted by Gasteiger charge is 1.92. The van der Waals surface area contributed by atoms with Crippen LogP contribution in [-0.4, -0.2) is 9.58 Å². The van der Waals surface area contributed by atoms with Crippen LogP contribution >= 0.6 is 0 Å². The number of unbranched alkanes of at least 4 members (excludes halogenated alkanes) is 12. The van der Waals surface area contributed by atoms with Crippen molar-refractivity contribution in [1.29, 1.82) is 0 Å². The first kappa shape index (κ1) is 16.9. The Bertz CT molecular complexity index is 185. The van der Waals surface area contributed by atoms with Gasteiger partial charge < -0.3 is 0 Å². The van der Waals surface area contributed by atoms with Gasteiger partial charge >= 0.3 is 0 Å². The molecule has 102 valence electrons. The second-order valence-corrected chi connectivity index (χ2v) is 5.47. The lowest BCUT2D eigenvalue weighted by atomic mass is 10.1. The SMILES string of the molecule is CCCCCCCCCCCCCCC=S=O. The Morgan fingerprint density at radius 3 is 1.53 bits per heavy atom. The van der Waals surface area contributed by atoms with Crippen molar-refractivity contribution in [2.24, 2.45) is 0 Å². The third kappa shape index (κ3) is 15.9. The van der Waals surface area contributed by atoms with Crippen molar-refractivity contribution < 1.29 is 4.21 Å². The standard InChI is InChI=1S/C15H30OS/c1-2-3-4-5-6-7-8-9-10-11-12-13-14-15-17-16/h15H,2-14H2,1H3. The molecule has 0 amide bonds. The van der Waals surface area contributed by atoms with Crippen LogP contribution in [0.2, 0.25) is 0 Å². The predicted molar refractivity (Wildman–Crippen MR) is 79.9 cm³/mol. The molecule has 1 nitrogen and oxygen atoms in total. The van der Waals surface area contributed by atoms with Crippen molar-refractivity contribution >= 4 is 16.6 Å². The highest BCUT2D eigenvalue weighted by molar-refractivity contribution is 7.64. The Morgan fingerprint density at radius 2 is 1.12 bits per heavy atom. The van der Waals surface area contributed by atoms with Gasteiger partial charge in [-0.25, -0.2) is 4.21 Å². The van der Waals surface area contributed by atoms with E-state index in [1.165, 1.54) is 77.0 Å². The van der Waals surface area contributed by atoms with E-state index in [4.69, 9.17) is 0 Å². The number of hydrogen-bond donors (Lipinski definition) is 0. The second-order valence-electron chi connectivity index (χ2n) is 4.94. The summed E-state index contributed by atoms with van der Waals surface area (Å²) in [5.41, 5.74) is 0. The quantitative estimate of drug-likeness (QED) is 0.332. The Labute approximate surface area is 111 Å². The molecule has 0 aromatic rings. The molecule has 0 rings (SSSR count). The minimum absolute atomic E-state index is 0.609. The van der Waals surface area contributed by atoms with Gasteiger partial charge in [0.15, 0.2) is 0 Å². The van der Waals surface area contributed by atoms with E-state index in [1.807, 2.05) is 0 Å². The molecule has 0 fully saturated rings. The molecule has 0 aliphatic carbocycles. The summed E-state index contributed by atoms with van der Waals surface area (Å²) in [5, 5.41) is 1.77. The molecular formula is C15H30OS. The number of hydrogen-bond acceptors (Lipinski definition) is 1. The normalized spacial score (nSPS) is 10.4. The van der Waals surface area contributed by atoms with E-state index in [-0.39, 0.29) is 0 Å². The predicted octanol–water partition coefficient (Wildman–Crippen LogP) is 5.09. The molecule has 0 N–H and O–H groups in total. The molecule has 0 saturated carbocycles. The third-order valence-electron chi connectivity index (χ3n) is 3.24. The van der Waals surface area contributed by atoms with Crippen molar-refractivity contribution in [3.05, 3.63) is 0 Å². The van der Waals surface area contributed by atoms with Gasteiger partial charge in [-0.15, -0.1) is 0 Å². The van der Waals surface area contributed by atoms with Crippen LogP contribution in [0.25, 0.3) is 0 Å². The molecule has 0 aliphatic rings. The van der Waals surface area contributed by atoms with Crippen LogP contribution in [0.5, 0.6) is 0 Å². The first-order valence-electron chi connectivity index (χ1n) is 7.52. The van der Waals surface area contributed by atoms with Gasteiger partial charge in [-0.2, -0.15) is 0 Å². The highest BCUT2D eigenvalue weighted by atomic mass is 32.1. The summed E-state index contributed by atoms with van der Waals surface area (Å²) in [6, 6.07) is 0. The summed E-state index contributed by atoms with van der Waals surface area (Å²) in [7, 11) is 0. The van der Waals surface area contributed by atoms with Crippen molar-refractivity contribution in [2.75, 3.05) is 0 Å². The zero-order valence-electron chi connectivity index (χ0n) is 11.6. The maximum absolute atomic E-state index is 10.1. The van der Waals surface area contributed by atoms with Crippen molar-refractivity contribution in [3.63, 3.8) is 0 Å². The highest BCUT2D eigenvalue weighted by Crippen LogP contribution is 2.12. The van der Waals surface area contributed by atoms with Crippen LogP contribution in [0.4, 0.5) is 0 Å². The summed E-state index contributed by atoms with van der Waals surface area (Å²) < 4.78 is 10.1. The molecule has 0 aromatic carbocycles. The fraction of sp³-hybridized carbons (Fsp3) is 0.933. The van der Waals surface area contributed by atoms with Gasteiger partial charge in [0.1, 0.15) is 0 Å². The smallest absolute Gasteiger partial charge is 0.0841 e. The fourth-order valence-electron chi connectivity index (χ4n) is 2.12. The summed E-state index contributed by atoms with van der Waals surface area (Å²) in [4.78, 5) is 0. The van der Waals surface area contributed by atoms with Gasteiger partial charge in [0, 0.05) is 5.37 Å². The van der Waals surface area contributed by atoms with Gasteiger partial charge in [-0.05, 0) is 12.8 Å². The van der Waals surface area contributed by atoms with E-state index in [1.54, 1.807) is 5.37 Å². The summed E-state index contributed by atoms with van der Waals surface area (Å²) in [5.74, 6) is 0. The Balaban J connectivity index is 2.91. The van der Waals surface area contributed by atoms with E-state index in [9.17, 15) is 4.21 Å². The summed E-state index contributed by atoms with van der Waals surface area (Å²) in [6.07, 6.45) is 17.6. The van der Waals surface area contributed by atoms with Gasteiger partial charge in [0.05, 0.1) is 11.3 Å². The van der Waals surface area contributed by atoms with Gasteiger partial charge in [0.25, 0.3) is 0 Å². The van der Waals surface area contributed by atoms with E-state index in [2.05, 4.69) is 6.92 Å². The lowest BCUT2D eigenvalue weighted by Gasteiger charge is -2.01. The molecule has 2 heteroatoms. The first-order chi connectivity index (χ1) is 8.41. The van der Waals surface area contributed by atoms with E-state index in [0.717, 1.165) is 6.42 Å². The van der Waals surface area contributed by atoms with E-state index < -0.39 is 0 Å². The molecule has 0 aliphatic heterocycles.